The number of hydrogen-bond acceptors (Lipinski definition) is 3. The van der Waals surface area contributed by atoms with Gasteiger partial charge < -0.3 is 9.84 Å². The van der Waals surface area contributed by atoms with Gasteiger partial charge in [0.1, 0.15) is 18.1 Å². The summed E-state index contributed by atoms with van der Waals surface area (Å²) in [4.78, 5) is 14.8. The molecular weight excluding hydrogens is 310 g/mol. The second-order valence-electron chi connectivity index (χ2n) is 4.02. The fourth-order valence-electron chi connectivity index (χ4n) is 1.61. The maximum absolute atomic E-state index is 10.8. The van der Waals surface area contributed by atoms with Gasteiger partial charge in [-0.05, 0) is 42.8 Å². The smallest absolute Gasteiger partial charge is 0.354 e. The zero-order valence-corrected chi connectivity index (χ0v) is 11.8. The highest BCUT2D eigenvalue weighted by atomic mass is 79.9. The van der Waals surface area contributed by atoms with Gasteiger partial charge in [0.05, 0.1) is 5.69 Å². The Kier molecular flexibility index (Phi) is 4.16. The van der Waals surface area contributed by atoms with Crippen LogP contribution in [0.5, 0.6) is 5.75 Å². The predicted molar refractivity (Wildman–Crippen MR) is 74.4 cm³/mol. The van der Waals surface area contributed by atoms with Crippen LogP contribution < -0.4 is 4.74 Å². The zero-order valence-electron chi connectivity index (χ0n) is 10.3. The third-order valence-electron chi connectivity index (χ3n) is 2.54. The van der Waals surface area contributed by atoms with Crippen molar-refractivity contribution >= 4 is 21.9 Å². The van der Waals surface area contributed by atoms with Gasteiger partial charge in [-0.3, -0.25) is 0 Å². The van der Waals surface area contributed by atoms with Crippen molar-refractivity contribution in [3.63, 3.8) is 0 Å². The Balaban J connectivity index is 2.10. The number of aromatic carboxylic acids is 1. The summed E-state index contributed by atoms with van der Waals surface area (Å²) in [5, 5.41) is 8.86. The molecule has 1 heterocycles. The first-order chi connectivity index (χ1) is 9.06. The highest BCUT2D eigenvalue weighted by Crippen LogP contribution is 2.22. The van der Waals surface area contributed by atoms with Crippen molar-refractivity contribution in [1.29, 1.82) is 0 Å². The van der Waals surface area contributed by atoms with E-state index >= 15 is 0 Å². The fourth-order valence-corrected chi connectivity index (χ4v) is 2.08. The molecule has 0 spiro atoms. The number of carboxylic acids is 1. The average Bonchev–Trinajstić information content (AvgIpc) is 2.38. The van der Waals surface area contributed by atoms with Gasteiger partial charge in [-0.1, -0.05) is 22.0 Å². The van der Waals surface area contributed by atoms with Gasteiger partial charge in [0.15, 0.2) is 0 Å². The number of hydrogen-bond donors (Lipinski definition) is 1. The molecule has 2 rings (SSSR count). The van der Waals surface area contributed by atoms with Gasteiger partial charge >= 0.3 is 5.97 Å². The second kappa shape index (κ2) is 5.84. The topological polar surface area (TPSA) is 59.4 Å². The number of aryl methyl sites for hydroxylation is 1. The second-order valence-corrected chi connectivity index (χ2v) is 4.93. The third-order valence-corrected chi connectivity index (χ3v) is 3.03. The summed E-state index contributed by atoms with van der Waals surface area (Å²) in [7, 11) is 0. The molecule has 0 radical (unpaired) electrons. The van der Waals surface area contributed by atoms with E-state index in [-0.39, 0.29) is 12.3 Å². The fraction of sp³-hybridized carbons (Fsp3) is 0.143. The monoisotopic (exact) mass is 321 g/mol. The van der Waals surface area contributed by atoms with Crippen molar-refractivity contribution in [3.8, 4) is 5.75 Å². The third kappa shape index (κ3) is 3.54. The van der Waals surface area contributed by atoms with Crippen LogP contribution in [0.1, 0.15) is 21.7 Å². The number of ether oxygens (including phenoxy) is 1. The lowest BCUT2D eigenvalue weighted by atomic mass is 10.2. The normalized spacial score (nSPS) is 10.2. The Labute approximate surface area is 119 Å². The molecular formula is C14H12BrNO3. The molecule has 5 heteroatoms. The molecule has 0 amide bonds. The van der Waals surface area contributed by atoms with E-state index < -0.39 is 5.97 Å². The van der Waals surface area contributed by atoms with Crippen LogP contribution in [-0.4, -0.2) is 16.1 Å². The van der Waals surface area contributed by atoms with Crippen LogP contribution in [0.2, 0.25) is 0 Å². The lowest BCUT2D eigenvalue weighted by Crippen LogP contribution is -2.05. The number of carboxylic acid groups (broad SMARTS) is 1. The predicted octanol–water partition coefficient (Wildman–Crippen LogP) is 3.43. The van der Waals surface area contributed by atoms with Crippen LogP contribution >= 0.6 is 15.9 Å². The van der Waals surface area contributed by atoms with E-state index in [1.54, 1.807) is 12.1 Å². The van der Waals surface area contributed by atoms with Gasteiger partial charge in [-0.15, -0.1) is 0 Å². The molecule has 0 unspecified atom stereocenters. The zero-order chi connectivity index (χ0) is 13.8. The quantitative estimate of drug-likeness (QED) is 0.937. The van der Waals surface area contributed by atoms with Crippen LogP contribution in [-0.2, 0) is 6.61 Å². The number of halogens is 1. The van der Waals surface area contributed by atoms with E-state index in [9.17, 15) is 4.79 Å². The van der Waals surface area contributed by atoms with Crippen molar-refractivity contribution in [1.82, 2.24) is 4.98 Å². The lowest BCUT2D eigenvalue weighted by molar-refractivity contribution is 0.0690. The maximum Gasteiger partial charge on any atom is 0.354 e. The van der Waals surface area contributed by atoms with Gasteiger partial charge in [-0.2, -0.15) is 0 Å². The van der Waals surface area contributed by atoms with E-state index in [2.05, 4.69) is 20.9 Å². The highest BCUT2D eigenvalue weighted by molar-refractivity contribution is 9.10. The molecule has 1 N–H and O–H groups in total. The lowest BCUT2D eigenvalue weighted by Gasteiger charge is -2.09. The molecule has 0 aliphatic rings. The molecule has 19 heavy (non-hydrogen) atoms. The van der Waals surface area contributed by atoms with Crippen LogP contribution in [0.25, 0.3) is 0 Å². The number of benzene rings is 1. The largest absolute Gasteiger partial charge is 0.487 e. The van der Waals surface area contributed by atoms with E-state index in [1.807, 2.05) is 25.1 Å². The van der Waals surface area contributed by atoms with E-state index in [0.29, 0.717) is 5.69 Å². The summed E-state index contributed by atoms with van der Waals surface area (Å²) >= 11 is 3.38. The SMILES string of the molecule is Cc1cc(Br)ccc1OCc1cccc(C(=O)O)n1. The summed E-state index contributed by atoms with van der Waals surface area (Å²) in [6, 6.07) is 10.6. The van der Waals surface area contributed by atoms with Crippen LogP contribution in [0.4, 0.5) is 0 Å². The minimum Gasteiger partial charge on any atom is -0.487 e. The molecule has 4 nitrogen and oxygen atoms in total. The van der Waals surface area contributed by atoms with Crippen molar-refractivity contribution in [3.05, 3.63) is 57.8 Å². The van der Waals surface area contributed by atoms with Gasteiger partial charge in [-0.25, -0.2) is 9.78 Å². The Morgan fingerprint density at radius 2 is 2.16 bits per heavy atom. The van der Waals surface area contributed by atoms with Crippen molar-refractivity contribution in [2.24, 2.45) is 0 Å². The molecule has 0 aliphatic carbocycles. The molecule has 0 atom stereocenters. The summed E-state index contributed by atoms with van der Waals surface area (Å²) < 4.78 is 6.63. The molecule has 0 bridgehead atoms. The first-order valence-corrected chi connectivity index (χ1v) is 6.44. The first-order valence-electron chi connectivity index (χ1n) is 5.64. The van der Waals surface area contributed by atoms with E-state index in [1.165, 1.54) is 6.07 Å². The number of pyridine rings is 1. The average molecular weight is 322 g/mol. The Hall–Kier alpha value is -1.88. The standard InChI is InChI=1S/C14H12BrNO3/c1-9-7-10(15)5-6-13(9)19-8-11-3-2-4-12(16-11)14(17)18/h2-7H,8H2,1H3,(H,17,18). The molecule has 0 saturated heterocycles. The van der Waals surface area contributed by atoms with Crippen LogP contribution in [0.3, 0.4) is 0 Å². The summed E-state index contributed by atoms with van der Waals surface area (Å²) in [6.45, 7) is 2.19. The highest BCUT2D eigenvalue weighted by Gasteiger charge is 2.06. The molecule has 1 aromatic carbocycles. The maximum atomic E-state index is 10.8. The number of nitrogens with zero attached hydrogens (tertiary/aromatic N) is 1. The Morgan fingerprint density at radius 3 is 2.84 bits per heavy atom. The Bertz CT molecular complexity index is 613. The Morgan fingerprint density at radius 1 is 1.37 bits per heavy atom. The summed E-state index contributed by atoms with van der Waals surface area (Å²) in [5.74, 6) is -0.285. The molecule has 2 aromatic rings. The molecule has 0 aliphatic heterocycles. The number of aromatic nitrogens is 1. The minimum atomic E-state index is -1.04. The van der Waals surface area contributed by atoms with Crippen molar-refractivity contribution in [2.45, 2.75) is 13.5 Å². The van der Waals surface area contributed by atoms with E-state index in [0.717, 1.165) is 15.8 Å². The number of carbonyl (C=O) groups is 1. The van der Waals surface area contributed by atoms with E-state index in [4.69, 9.17) is 9.84 Å². The van der Waals surface area contributed by atoms with Crippen LogP contribution in [0, 0.1) is 6.92 Å². The first kappa shape index (κ1) is 13.5. The molecule has 98 valence electrons. The summed E-state index contributed by atoms with van der Waals surface area (Å²) in [5.41, 5.74) is 1.61. The van der Waals surface area contributed by atoms with Crippen molar-refractivity contribution in [2.75, 3.05) is 0 Å². The van der Waals surface area contributed by atoms with Gasteiger partial charge in [0, 0.05) is 4.47 Å². The van der Waals surface area contributed by atoms with Gasteiger partial charge in [0.2, 0.25) is 0 Å². The molecule has 0 saturated carbocycles. The van der Waals surface area contributed by atoms with Crippen LogP contribution in [0.15, 0.2) is 40.9 Å². The molecule has 0 fully saturated rings. The van der Waals surface area contributed by atoms with Gasteiger partial charge in [0.25, 0.3) is 0 Å². The van der Waals surface area contributed by atoms with Crippen molar-refractivity contribution < 1.29 is 14.6 Å². The number of rotatable bonds is 4. The summed E-state index contributed by atoms with van der Waals surface area (Å²) in [6.07, 6.45) is 0. The molecule has 1 aromatic heterocycles. The minimum absolute atomic E-state index is 0.0219.